The van der Waals surface area contributed by atoms with E-state index in [9.17, 15) is 23.1 Å². The van der Waals surface area contributed by atoms with Gasteiger partial charge in [0.15, 0.2) is 0 Å². The number of aliphatic imine (C=N–C) groups is 1. The largest absolute Gasteiger partial charge is 0.480 e. The monoisotopic (exact) mass is 351 g/mol. The second-order valence-electron chi connectivity index (χ2n) is 5.78. The van der Waals surface area contributed by atoms with Crippen molar-refractivity contribution in [1.29, 1.82) is 0 Å². The number of amidine groups is 1. The zero-order valence-corrected chi connectivity index (χ0v) is 13.8. The van der Waals surface area contributed by atoms with Gasteiger partial charge >= 0.3 is 5.97 Å². The minimum atomic E-state index is -3.67. The number of nitrogens with one attached hydrogen (secondary N) is 1. The van der Waals surface area contributed by atoms with E-state index in [2.05, 4.69) is 9.71 Å². The fourth-order valence-electron chi connectivity index (χ4n) is 3.01. The Balaban J connectivity index is 1.87. The van der Waals surface area contributed by atoms with Crippen molar-refractivity contribution in [3.63, 3.8) is 0 Å². The van der Waals surface area contributed by atoms with Crippen LogP contribution in [0.1, 0.15) is 25.3 Å². The molecule has 1 saturated heterocycles. The highest BCUT2D eigenvalue weighted by Crippen LogP contribution is 2.24. The van der Waals surface area contributed by atoms with Gasteiger partial charge in [-0.25, -0.2) is 13.2 Å². The lowest BCUT2D eigenvalue weighted by molar-refractivity contribution is -0.148. The third-order valence-electron chi connectivity index (χ3n) is 4.16. The highest BCUT2D eigenvalue weighted by atomic mass is 32.2. The second kappa shape index (κ2) is 5.90. The van der Waals surface area contributed by atoms with Crippen LogP contribution in [0.3, 0.4) is 0 Å². The molecule has 1 aromatic rings. The van der Waals surface area contributed by atoms with Gasteiger partial charge in [-0.1, -0.05) is 12.1 Å². The van der Waals surface area contributed by atoms with Crippen molar-refractivity contribution >= 4 is 27.7 Å². The van der Waals surface area contributed by atoms with Crippen LogP contribution in [0, 0.1) is 0 Å². The summed E-state index contributed by atoms with van der Waals surface area (Å²) in [6.45, 7) is 1.90. The number of fused-ring (bicyclic) bond motifs is 1. The molecule has 2 heterocycles. The van der Waals surface area contributed by atoms with Gasteiger partial charge in [-0.05, 0) is 31.9 Å². The van der Waals surface area contributed by atoms with Crippen LogP contribution in [-0.2, 0) is 19.6 Å². The van der Waals surface area contributed by atoms with Gasteiger partial charge in [-0.15, -0.1) is 0 Å². The molecule has 9 heteroatoms. The van der Waals surface area contributed by atoms with Crippen molar-refractivity contribution in [2.75, 3.05) is 6.54 Å². The van der Waals surface area contributed by atoms with E-state index in [0.29, 0.717) is 24.9 Å². The topological polar surface area (TPSA) is 116 Å². The number of hydrogen-bond donors (Lipinski definition) is 2. The maximum Gasteiger partial charge on any atom is 0.326 e. The number of sulfonamides is 1. The average Bonchev–Trinajstić information content (AvgIpc) is 3.11. The van der Waals surface area contributed by atoms with Gasteiger partial charge in [-0.2, -0.15) is 0 Å². The number of carbonyl (C=O) groups excluding carboxylic acids is 1. The lowest BCUT2D eigenvalue weighted by Crippen LogP contribution is -2.44. The maximum atomic E-state index is 12.5. The highest BCUT2D eigenvalue weighted by Gasteiger charge is 2.37. The fourth-order valence-corrected chi connectivity index (χ4v) is 4.24. The Morgan fingerprint density at radius 1 is 1.38 bits per heavy atom. The molecular formula is C15H17N3O5S. The molecule has 3 rings (SSSR count). The Kier molecular flexibility index (Phi) is 4.04. The Labute approximate surface area is 139 Å². The van der Waals surface area contributed by atoms with Crippen molar-refractivity contribution < 1.29 is 23.1 Å². The summed E-state index contributed by atoms with van der Waals surface area (Å²) in [5.41, 5.74) is 0.411. The first-order valence-electron chi connectivity index (χ1n) is 7.54. The standard InChI is InChI=1S/C15H17N3O5S/c1-9(14(19)18-8-4-6-11(18)15(20)21)16-13-10-5-2-3-7-12(10)24(22,23)17-13/h2-3,5,7,9,11H,4,6,8H2,1H3,(H,16,17)(H,20,21). The molecule has 2 unspecified atom stereocenters. The van der Waals surface area contributed by atoms with E-state index < -0.39 is 34.0 Å². The predicted octanol–water partition coefficient (Wildman–Crippen LogP) is 0.189. The number of amides is 1. The Morgan fingerprint density at radius 2 is 2.08 bits per heavy atom. The van der Waals surface area contributed by atoms with Crippen LogP contribution < -0.4 is 4.72 Å². The number of benzene rings is 1. The van der Waals surface area contributed by atoms with E-state index in [1.165, 1.54) is 17.9 Å². The molecular weight excluding hydrogens is 334 g/mol. The first-order chi connectivity index (χ1) is 11.3. The molecule has 0 spiro atoms. The smallest absolute Gasteiger partial charge is 0.326 e. The van der Waals surface area contributed by atoms with Gasteiger partial charge in [0, 0.05) is 12.1 Å². The van der Waals surface area contributed by atoms with Crippen LogP contribution in [0.4, 0.5) is 0 Å². The minimum absolute atomic E-state index is 0.109. The van der Waals surface area contributed by atoms with E-state index in [1.54, 1.807) is 18.2 Å². The SMILES string of the molecule is CC(N=C1NS(=O)(=O)c2ccccc21)C(=O)N1CCCC1C(=O)O. The van der Waals surface area contributed by atoms with Crippen LogP contribution in [0.25, 0.3) is 0 Å². The number of carbonyl (C=O) groups is 2. The van der Waals surface area contributed by atoms with Gasteiger partial charge in [0.1, 0.15) is 17.9 Å². The third-order valence-corrected chi connectivity index (χ3v) is 5.56. The summed E-state index contributed by atoms with van der Waals surface area (Å²) in [4.78, 5) is 29.3. The Bertz CT molecular complexity index is 833. The van der Waals surface area contributed by atoms with E-state index in [0.717, 1.165) is 0 Å². The molecule has 128 valence electrons. The summed E-state index contributed by atoms with van der Waals surface area (Å²) in [6, 6.07) is 4.65. The van der Waals surface area contributed by atoms with Crippen LogP contribution in [0.15, 0.2) is 34.2 Å². The molecule has 24 heavy (non-hydrogen) atoms. The van der Waals surface area contributed by atoms with Crippen LogP contribution in [-0.4, -0.2) is 54.8 Å². The number of rotatable bonds is 3. The van der Waals surface area contributed by atoms with Gasteiger partial charge in [0.05, 0.1) is 4.90 Å². The van der Waals surface area contributed by atoms with Crippen molar-refractivity contribution in [2.45, 2.75) is 36.7 Å². The zero-order valence-electron chi connectivity index (χ0n) is 13.0. The number of likely N-dealkylation sites (tertiary alicyclic amines) is 1. The van der Waals surface area contributed by atoms with Gasteiger partial charge < -0.3 is 10.0 Å². The Hall–Kier alpha value is -2.42. The van der Waals surface area contributed by atoms with Crippen molar-refractivity contribution in [3.05, 3.63) is 29.8 Å². The number of hydrogen-bond acceptors (Lipinski definition) is 5. The quantitative estimate of drug-likeness (QED) is 0.806. The summed E-state index contributed by atoms with van der Waals surface area (Å²) in [6.07, 6.45) is 1.04. The third kappa shape index (κ3) is 2.75. The van der Waals surface area contributed by atoms with E-state index >= 15 is 0 Å². The first kappa shape index (κ1) is 16.4. The summed E-state index contributed by atoms with van der Waals surface area (Å²) >= 11 is 0. The number of nitrogens with zero attached hydrogens (tertiary/aromatic N) is 2. The molecule has 0 bridgehead atoms. The average molecular weight is 351 g/mol. The molecule has 0 aromatic heterocycles. The van der Waals surface area contributed by atoms with Crippen molar-refractivity contribution in [2.24, 2.45) is 4.99 Å². The predicted molar refractivity (Wildman–Crippen MR) is 85.1 cm³/mol. The van der Waals surface area contributed by atoms with Gasteiger partial charge in [0.2, 0.25) is 5.91 Å². The number of carboxylic acids is 1. The molecule has 2 aliphatic rings. The summed E-state index contributed by atoms with van der Waals surface area (Å²) in [5.74, 6) is -1.35. The summed E-state index contributed by atoms with van der Waals surface area (Å²) < 4.78 is 26.4. The molecule has 1 aromatic carbocycles. The molecule has 0 saturated carbocycles. The highest BCUT2D eigenvalue weighted by molar-refractivity contribution is 7.90. The number of aliphatic carboxylic acids is 1. The fraction of sp³-hybridized carbons (Fsp3) is 0.400. The summed E-state index contributed by atoms with van der Waals surface area (Å²) in [5, 5.41) is 9.18. The lowest BCUT2D eigenvalue weighted by atomic mass is 10.2. The van der Waals surface area contributed by atoms with E-state index in [1.807, 2.05) is 0 Å². The summed E-state index contributed by atoms with van der Waals surface area (Å²) in [7, 11) is -3.67. The lowest BCUT2D eigenvalue weighted by Gasteiger charge is -2.23. The molecule has 1 fully saturated rings. The van der Waals surface area contributed by atoms with Crippen LogP contribution >= 0.6 is 0 Å². The Morgan fingerprint density at radius 3 is 2.79 bits per heavy atom. The van der Waals surface area contributed by atoms with Crippen LogP contribution in [0.2, 0.25) is 0 Å². The number of carboxylic acid groups (broad SMARTS) is 1. The molecule has 1 amide bonds. The molecule has 2 aliphatic heterocycles. The van der Waals surface area contributed by atoms with Crippen molar-refractivity contribution in [1.82, 2.24) is 9.62 Å². The van der Waals surface area contributed by atoms with Crippen LogP contribution in [0.5, 0.6) is 0 Å². The maximum absolute atomic E-state index is 12.5. The molecule has 0 aliphatic carbocycles. The van der Waals surface area contributed by atoms with E-state index in [-0.39, 0.29) is 10.7 Å². The molecule has 2 N–H and O–H groups in total. The molecule has 0 radical (unpaired) electrons. The first-order valence-corrected chi connectivity index (χ1v) is 9.03. The molecule has 2 atom stereocenters. The normalized spacial score (nSPS) is 24.5. The van der Waals surface area contributed by atoms with Gasteiger partial charge in [0.25, 0.3) is 10.0 Å². The second-order valence-corrected chi connectivity index (χ2v) is 7.43. The molecule has 8 nitrogen and oxygen atoms in total. The van der Waals surface area contributed by atoms with E-state index in [4.69, 9.17) is 0 Å². The zero-order chi connectivity index (χ0) is 17.5. The minimum Gasteiger partial charge on any atom is -0.480 e. The van der Waals surface area contributed by atoms with Gasteiger partial charge in [-0.3, -0.25) is 14.5 Å². The van der Waals surface area contributed by atoms with Crippen molar-refractivity contribution in [3.8, 4) is 0 Å².